The number of nitriles is 1. The lowest BCUT2D eigenvalue weighted by molar-refractivity contribution is 0.206. The molecule has 0 aliphatic carbocycles. The summed E-state index contributed by atoms with van der Waals surface area (Å²) in [6.45, 7) is 1.46. The van der Waals surface area contributed by atoms with Crippen LogP contribution in [0.2, 0.25) is 0 Å². The van der Waals surface area contributed by atoms with Gasteiger partial charge in [-0.2, -0.15) is 5.26 Å². The predicted octanol–water partition coefficient (Wildman–Crippen LogP) is 2.00. The maximum absolute atomic E-state index is 8.67. The molecule has 112 valence electrons. The molecule has 2 aromatic rings. The molecule has 2 aromatic heterocycles. The van der Waals surface area contributed by atoms with Gasteiger partial charge in [-0.05, 0) is 23.8 Å². The van der Waals surface area contributed by atoms with Crippen LogP contribution in [0.25, 0.3) is 12.2 Å². The van der Waals surface area contributed by atoms with Crippen molar-refractivity contribution in [1.29, 1.82) is 5.26 Å². The highest BCUT2D eigenvalue weighted by Crippen LogP contribution is 2.11. The van der Waals surface area contributed by atoms with Crippen LogP contribution in [0.15, 0.2) is 30.7 Å². The first-order valence-electron chi connectivity index (χ1n) is 6.79. The second kappa shape index (κ2) is 7.86. The lowest BCUT2D eigenvalue weighted by Gasteiger charge is -2.17. The van der Waals surface area contributed by atoms with Gasteiger partial charge in [-0.15, -0.1) is 0 Å². The third-order valence-corrected chi connectivity index (χ3v) is 3.03. The molecule has 2 heterocycles. The van der Waals surface area contributed by atoms with Gasteiger partial charge in [0, 0.05) is 26.9 Å². The second-order valence-electron chi connectivity index (χ2n) is 4.64. The highest BCUT2D eigenvalue weighted by Gasteiger charge is 2.01. The molecule has 0 fully saturated rings. The molecule has 0 aromatic carbocycles. The Kier molecular flexibility index (Phi) is 5.57. The van der Waals surface area contributed by atoms with Crippen LogP contribution in [0.1, 0.15) is 17.0 Å². The standard InChI is InChI=1S/C16H17N5O/c1-21(7-8-22-2)16-6-4-13(10-20-16)3-5-14-11-19-15(9-17)12-18-14/h3-6,10-12H,7-8H2,1-2H3/b5-3+. The van der Waals surface area contributed by atoms with Crippen molar-refractivity contribution >= 4 is 18.0 Å². The summed E-state index contributed by atoms with van der Waals surface area (Å²) in [6, 6.07) is 5.88. The Morgan fingerprint density at radius 1 is 1.18 bits per heavy atom. The molecule has 0 saturated carbocycles. The van der Waals surface area contributed by atoms with Crippen LogP contribution in [0, 0.1) is 11.3 Å². The maximum Gasteiger partial charge on any atom is 0.158 e. The van der Waals surface area contributed by atoms with Crippen molar-refractivity contribution < 1.29 is 4.74 Å². The normalized spacial score (nSPS) is 10.6. The number of hydrogen-bond acceptors (Lipinski definition) is 6. The van der Waals surface area contributed by atoms with Crippen LogP contribution in [-0.4, -0.2) is 42.3 Å². The third-order valence-electron chi connectivity index (χ3n) is 3.03. The maximum atomic E-state index is 8.67. The number of pyridine rings is 1. The molecule has 0 saturated heterocycles. The van der Waals surface area contributed by atoms with Crippen molar-refractivity contribution in [3.63, 3.8) is 0 Å². The van der Waals surface area contributed by atoms with E-state index in [4.69, 9.17) is 10.00 Å². The zero-order valence-corrected chi connectivity index (χ0v) is 12.6. The zero-order valence-electron chi connectivity index (χ0n) is 12.6. The average Bonchev–Trinajstić information content (AvgIpc) is 2.58. The zero-order chi connectivity index (χ0) is 15.8. The molecule has 0 bridgehead atoms. The summed E-state index contributed by atoms with van der Waals surface area (Å²) in [7, 11) is 3.66. The van der Waals surface area contributed by atoms with Crippen LogP contribution >= 0.6 is 0 Å². The number of aromatic nitrogens is 3. The quantitative estimate of drug-likeness (QED) is 0.811. The van der Waals surface area contributed by atoms with E-state index in [2.05, 4.69) is 15.0 Å². The Morgan fingerprint density at radius 2 is 2.05 bits per heavy atom. The molecule has 0 N–H and O–H groups in total. The molecular formula is C16H17N5O. The Bertz CT molecular complexity index is 658. The van der Waals surface area contributed by atoms with Gasteiger partial charge in [0.1, 0.15) is 11.9 Å². The Hall–Kier alpha value is -2.78. The lowest BCUT2D eigenvalue weighted by Crippen LogP contribution is -2.22. The molecule has 2 rings (SSSR count). The number of anilines is 1. The van der Waals surface area contributed by atoms with Gasteiger partial charge in [0.2, 0.25) is 0 Å². The number of rotatable bonds is 6. The molecule has 0 atom stereocenters. The summed E-state index contributed by atoms with van der Waals surface area (Å²) in [5.41, 5.74) is 1.97. The second-order valence-corrected chi connectivity index (χ2v) is 4.64. The van der Waals surface area contributed by atoms with Crippen LogP contribution < -0.4 is 4.90 Å². The largest absolute Gasteiger partial charge is 0.383 e. The molecule has 6 nitrogen and oxygen atoms in total. The van der Waals surface area contributed by atoms with Gasteiger partial charge in [0.25, 0.3) is 0 Å². The smallest absolute Gasteiger partial charge is 0.158 e. The molecule has 0 amide bonds. The average molecular weight is 295 g/mol. The minimum Gasteiger partial charge on any atom is -0.383 e. The molecule has 0 unspecified atom stereocenters. The predicted molar refractivity (Wildman–Crippen MR) is 85.1 cm³/mol. The first kappa shape index (κ1) is 15.6. The van der Waals surface area contributed by atoms with Crippen LogP contribution in [0.4, 0.5) is 5.82 Å². The first-order chi connectivity index (χ1) is 10.7. The minimum atomic E-state index is 0.308. The van der Waals surface area contributed by atoms with Crippen molar-refractivity contribution in [2.24, 2.45) is 0 Å². The van der Waals surface area contributed by atoms with Crippen molar-refractivity contribution in [1.82, 2.24) is 15.0 Å². The minimum absolute atomic E-state index is 0.308. The summed E-state index contributed by atoms with van der Waals surface area (Å²) < 4.78 is 5.05. The van der Waals surface area contributed by atoms with Gasteiger partial charge in [-0.1, -0.05) is 6.08 Å². The fraction of sp³-hybridized carbons (Fsp3) is 0.250. The van der Waals surface area contributed by atoms with Gasteiger partial charge in [-0.25, -0.2) is 9.97 Å². The fourth-order valence-corrected chi connectivity index (χ4v) is 1.73. The van der Waals surface area contributed by atoms with E-state index in [1.165, 1.54) is 6.20 Å². The van der Waals surface area contributed by atoms with Gasteiger partial charge in [0.15, 0.2) is 5.69 Å². The monoisotopic (exact) mass is 295 g/mol. The van der Waals surface area contributed by atoms with E-state index in [0.29, 0.717) is 18.0 Å². The van der Waals surface area contributed by atoms with E-state index < -0.39 is 0 Å². The van der Waals surface area contributed by atoms with Crippen molar-refractivity contribution in [3.05, 3.63) is 47.7 Å². The number of methoxy groups -OCH3 is 1. The van der Waals surface area contributed by atoms with Crippen molar-refractivity contribution in [2.75, 3.05) is 32.2 Å². The molecule has 0 radical (unpaired) electrons. The van der Waals surface area contributed by atoms with E-state index in [9.17, 15) is 0 Å². The number of likely N-dealkylation sites (N-methyl/N-ethyl adjacent to an activating group) is 1. The number of nitrogens with zero attached hydrogens (tertiary/aromatic N) is 5. The highest BCUT2D eigenvalue weighted by atomic mass is 16.5. The molecule has 0 spiro atoms. The van der Waals surface area contributed by atoms with E-state index in [0.717, 1.165) is 17.9 Å². The van der Waals surface area contributed by atoms with E-state index in [1.54, 1.807) is 19.5 Å². The van der Waals surface area contributed by atoms with Gasteiger partial charge < -0.3 is 9.64 Å². The third kappa shape index (κ3) is 4.36. The Labute approximate surface area is 129 Å². The highest BCUT2D eigenvalue weighted by molar-refractivity contribution is 5.67. The van der Waals surface area contributed by atoms with Crippen LogP contribution in [0.5, 0.6) is 0 Å². The Balaban J connectivity index is 2.01. The summed E-state index contributed by atoms with van der Waals surface area (Å²) in [5.74, 6) is 0.896. The topological polar surface area (TPSA) is 74.9 Å². The molecule has 22 heavy (non-hydrogen) atoms. The van der Waals surface area contributed by atoms with Crippen molar-refractivity contribution in [2.45, 2.75) is 0 Å². The molecule has 0 aliphatic heterocycles. The fourth-order valence-electron chi connectivity index (χ4n) is 1.73. The van der Waals surface area contributed by atoms with Crippen LogP contribution in [0.3, 0.4) is 0 Å². The van der Waals surface area contributed by atoms with E-state index in [1.807, 2.05) is 42.3 Å². The molecule has 6 heteroatoms. The number of ether oxygens (including phenoxy) is 1. The summed E-state index contributed by atoms with van der Waals surface area (Å²) in [5, 5.41) is 8.67. The molecule has 0 aliphatic rings. The Morgan fingerprint density at radius 3 is 2.64 bits per heavy atom. The molecular weight excluding hydrogens is 278 g/mol. The summed E-state index contributed by atoms with van der Waals surface area (Å²) in [6.07, 6.45) is 8.55. The van der Waals surface area contributed by atoms with Crippen molar-refractivity contribution in [3.8, 4) is 6.07 Å². The number of hydrogen-bond donors (Lipinski definition) is 0. The van der Waals surface area contributed by atoms with Gasteiger partial charge >= 0.3 is 0 Å². The lowest BCUT2D eigenvalue weighted by atomic mass is 10.2. The van der Waals surface area contributed by atoms with Gasteiger partial charge in [0.05, 0.1) is 24.7 Å². The van der Waals surface area contributed by atoms with Crippen LogP contribution in [-0.2, 0) is 4.74 Å². The van der Waals surface area contributed by atoms with Gasteiger partial charge in [-0.3, -0.25) is 4.98 Å². The summed E-state index contributed by atoms with van der Waals surface area (Å²) in [4.78, 5) is 14.5. The first-order valence-corrected chi connectivity index (χ1v) is 6.79. The SMILES string of the molecule is COCCN(C)c1ccc(/C=C/c2cnc(C#N)cn2)cn1. The summed E-state index contributed by atoms with van der Waals surface area (Å²) >= 11 is 0. The van der Waals surface area contributed by atoms with E-state index >= 15 is 0 Å². The van der Waals surface area contributed by atoms with E-state index in [-0.39, 0.29) is 0 Å².